The molecule has 2 N–H and O–H groups in total. The summed E-state index contributed by atoms with van der Waals surface area (Å²) >= 11 is 0. The SMILES string of the molecule is C#CCn1c(=O)c2cnc(Nc3ccc(N4CCN(C)CC4)cc3)nc2n1-c1ccc2c(n1)[C@@](C)(O)CCC2. The Balaban J connectivity index is 1.36. The molecule has 1 saturated heterocycles. The van der Waals surface area contributed by atoms with Crippen molar-refractivity contribution in [2.75, 3.05) is 43.4 Å². The third kappa shape index (κ3) is 4.64. The maximum Gasteiger partial charge on any atom is 0.279 e. The van der Waals surface area contributed by atoms with E-state index in [1.807, 2.05) is 24.3 Å². The van der Waals surface area contributed by atoms with E-state index in [0.29, 0.717) is 34.9 Å². The number of benzene rings is 1. The molecule has 3 aromatic heterocycles. The van der Waals surface area contributed by atoms with Crippen LogP contribution in [0.4, 0.5) is 17.3 Å². The van der Waals surface area contributed by atoms with Crippen LogP contribution >= 0.6 is 0 Å². The van der Waals surface area contributed by atoms with Crippen LogP contribution < -0.4 is 15.8 Å². The highest BCUT2D eigenvalue weighted by molar-refractivity contribution is 5.77. The molecule has 1 fully saturated rings. The molecule has 2 aliphatic rings. The van der Waals surface area contributed by atoms with E-state index >= 15 is 0 Å². The standard InChI is InChI=1S/C29H32N8O2/c1-4-14-36-27(38)23-19-30-28(31-21-8-10-22(11-9-21)35-17-15-34(3)16-18-35)33-26(23)37(36)24-12-7-20-6-5-13-29(2,39)25(20)32-24/h1,7-12,19,39H,5-6,13-18H2,2-3H3,(H,30,31,33)/t29-/m0/s1. The third-order valence-electron chi connectivity index (χ3n) is 7.71. The van der Waals surface area contributed by atoms with Crippen LogP contribution in [0.1, 0.15) is 31.0 Å². The van der Waals surface area contributed by atoms with Gasteiger partial charge < -0.3 is 20.2 Å². The number of piperazine rings is 1. The van der Waals surface area contributed by atoms with Crippen molar-refractivity contribution in [1.82, 2.24) is 29.2 Å². The zero-order chi connectivity index (χ0) is 27.1. The average Bonchev–Trinajstić information content (AvgIpc) is 3.20. The van der Waals surface area contributed by atoms with Gasteiger partial charge in [-0.15, -0.1) is 6.42 Å². The summed E-state index contributed by atoms with van der Waals surface area (Å²) < 4.78 is 3.06. The molecule has 10 nitrogen and oxygen atoms in total. The minimum Gasteiger partial charge on any atom is -0.384 e. The summed E-state index contributed by atoms with van der Waals surface area (Å²) in [7, 11) is 2.15. The number of anilines is 3. The van der Waals surface area contributed by atoms with Gasteiger partial charge in [0.2, 0.25) is 5.95 Å². The van der Waals surface area contributed by atoms with Gasteiger partial charge in [0.05, 0.1) is 5.69 Å². The van der Waals surface area contributed by atoms with E-state index in [1.165, 1.54) is 16.6 Å². The number of rotatable bonds is 5. The van der Waals surface area contributed by atoms with Crippen molar-refractivity contribution in [2.24, 2.45) is 0 Å². The molecule has 4 heterocycles. The van der Waals surface area contributed by atoms with Crippen molar-refractivity contribution in [2.45, 2.75) is 38.3 Å². The molecule has 0 bridgehead atoms. The number of terminal acetylenes is 1. The van der Waals surface area contributed by atoms with Crippen LogP contribution in [-0.2, 0) is 18.6 Å². The van der Waals surface area contributed by atoms with Crippen molar-refractivity contribution in [3.05, 3.63) is 64.2 Å². The second-order valence-electron chi connectivity index (χ2n) is 10.6. The first-order valence-corrected chi connectivity index (χ1v) is 13.3. The molecule has 0 spiro atoms. The first-order chi connectivity index (χ1) is 18.8. The van der Waals surface area contributed by atoms with E-state index < -0.39 is 5.60 Å². The fourth-order valence-electron chi connectivity index (χ4n) is 5.51. The molecule has 0 saturated carbocycles. The lowest BCUT2D eigenvalue weighted by atomic mass is 9.84. The minimum absolute atomic E-state index is 0.0425. The van der Waals surface area contributed by atoms with E-state index in [-0.39, 0.29) is 12.1 Å². The topological polar surface area (TPSA) is 104 Å². The second kappa shape index (κ2) is 9.84. The van der Waals surface area contributed by atoms with E-state index in [9.17, 15) is 9.90 Å². The normalized spacial score (nSPS) is 19.6. The molecule has 4 aromatic rings. The highest BCUT2D eigenvalue weighted by Gasteiger charge is 2.32. The van der Waals surface area contributed by atoms with Gasteiger partial charge in [0.25, 0.3) is 5.56 Å². The molecule has 1 aliphatic carbocycles. The lowest BCUT2D eigenvalue weighted by Gasteiger charge is -2.34. The number of hydrogen-bond donors (Lipinski definition) is 2. The Morgan fingerprint density at radius 1 is 1.10 bits per heavy atom. The number of aryl methyl sites for hydroxylation is 1. The number of aromatic nitrogens is 5. The van der Waals surface area contributed by atoms with Gasteiger partial charge in [0, 0.05) is 43.8 Å². The van der Waals surface area contributed by atoms with Gasteiger partial charge in [-0.3, -0.25) is 4.79 Å². The number of fused-ring (bicyclic) bond motifs is 2. The zero-order valence-corrected chi connectivity index (χ0v) is 22.3. The average molecular weight is 525 g/mol. The first-order valence-electron chi connectivity index (χ1n) is 13.3. The lowest BCUT2D eigenvalue weighted by molar-refractivity contribution is 0.0339. The van der Waals surface area contributed by atoms with Crippen molar-refractivity contribution >= 4 is 28.4 Å². The number of pyridine rings is 1. The Labute approximate surface area is 226 Å². The van der Waals surface area contributed by atoms with Gasteiger partial charge in [-0.05, 0) is 69.1 Å². The van der Waals surface area contributed by atoms with Crippen LogP contribution in [0.15, 0.2) is 47.4 Å². The van der Waals surface area contributed by atoms with Crippen LogP contribution in [0.25, 0.3) is 16.9 Å². The summed E-state index contributed by atoms with van der Waals surface area (Å²) in [6, 6.07) is 12.0. The molecule has 1 aromatic carbocycles. The van der Waals surface area contributed by atoms with Gasteiger partial charge in [-0.25, -0.2) is 19.3 Å². The molecule has 39 heavy (non-hydrogen) atoms. The number of nitrogens with zero attached hydrogens (tertiary/aromatic N) is 7. The summed E-state index contributed by atoms with van der Waals surface area (Å²) in [5, 5.41) is 14.6. The summed E-state index contributed by atoms with van der Waals surface area (Å²) in [4.78, 5) is 31.9. The molecule has 1 aliphatic heterocycles. The molecule has 0 radical (unpaired) electrons. The van der Waals surface area contributed by atoms with E-state index in [1.54, 1.807) is 11.6 Å². The summed E-state index contributed by atoms with van der Waals surface area (Å²) in [5.41, 5.74) is 2.71. The van der Waals surface area contributed by atoms with Gasteiger partial charge in [0.1, 0.15) is 17.5 Å². The molecule has 10 heteroatoms. The maximum absolute atomic E-state index is 13.3. The van der Waals surface area contributed by atoms with Gasteiger partial charge in [-0.2, -0.15) is 4.98 Å². The van der Waals surface area contributed by atoms with Crippen LogP contribution in [0.3, 0.4) is 0 Å². The predicted octanol–water partition coefficient (Wildman–Crippen LogP) is 2.65. The Morgan fingerprint density at radius 3 is 2.62 bits per heavy atom. The molecule has 6 rings (SSSR count). The zero-order valence-electron chi connectivity index (χ0n) is 22.3. The molecular formula is C29H32N8O2. The highest BCUT2D eigenvalue weighted by Crippen LogP contribution is 2.34. The van der Waals surface area contributed by atoms with Crippen LogP contribution in [0, 0.1) is 12.3 Å². The summed E-state index contributed by atoms with van der Waals surface area (Å²) in [6.07, 6.45) is 9.52. The Bertz CT molecular complexity index is 1620. The first kappa shape index (κ1) is 25.1. The molecule has 1 atom stereocenters. The monoisotopic (exact) mass is 524 g/mol. The number of likely N-dealkylation sites (N-methyl/N-ethyl adjacent to an activating group) is 1. The van der Waals surface area contributed by atoms with Crippen LogP contribution in [0.5, 0.6) is 0 Å². The lowest BCUT2D eigenvalue weighted by Crippen LogP contribution is -2.44. The minimum atomic E-state index is -1.04. The molecular weight excluding hydrogens is 492 g/mol. The van der Waals surface area contributed by atoms with Crippen molar-refractivity contribution < 1.29 is 5.11 Å². The van der Waals surface area contributed by atoms with Crippen LogP contribution in [0.2, 0.25) is 0 Å². The predicted molar refractivity (Wildman–Crippen MR) is 152 cm³/mol. The smallest absolute Gasteiger partial charge is 0.279 e. The summed E-state index contributed by atoms with van der Waals surface area (Å²) in [5.74, 6) is 3.38. The summed E-state index contributed by atoms with van der Waals surface area (Å²) in [6.45, 7) is 5.92. The quantitative estimate of drug-likeness (QED) is 0.384. The second-order valence-corrected chi connectivity index (χ2v) is 10.6. The molecule has 200 valence electrons. The van der Waals surface area contributed by atoms with E-state index in [2.05, 4.69) is 45.2 Å². The fraction of sp³-hybridized carbons (Fsp3) is 0.379. The van der Waals surface area contributed by atoms with E-state index in [4.69, 9.17) is 16.4 Å². The Kier molecular flexibility index (Phi) is 6.33. The Morgan fingerprint density at radius 2 is 1.87 bits per heavy atom. The Hall–Kier alpha value is -4.20. The van der Waals surface area contributed by atoms with Gasteiger partial charge >= 0.3 is 0 Å². The maximum atomic E-state index is 13.3. The van der Waals surface area contributed by atoms with Crippen LogP contribution in [-0.4, -0.2) is 67.5 Å². The van der Waals surface area contributed by atoms with E-state index in [0.717, 1.165) is 50.3 Å². The molecule has 0 amide bonds. The highest BCUT2D eigenvalue weighted by atomic mass is 16.3. The largest absolute Gasteiger partial charge is 0.384 e. The van der Waals surface area contributed by atoms with Crippen molar-refractivity contribution in [3.63, 3.8) is 0 Å². The number of aliphatic hydroxyl groups is 1. The fourth-order valence-corrected chi connectivity index (χ4v) is 5.51. The van der Waals surface area contributed by atoms with Crippen molar-refractivity contribution in [1.29, 1.82) is 0 Å². The molecule has 0 unspecified atom stereocenters. The number of hydrogen-bond acceptors (Lipinski definition) is 8. The van der Waals surface area contributed by atoms with Gasteiger partial charge in [-0.1, -0.05) is 12.0 Å². The van der Waals surface area contributed by atoms with Gasteiger partial charge in [0.15, 0.2) is 11.5 Å². The third-order valence-corrected chi connectivity index (χ3v) is 7.71. The van der Waals surface area contributed by atoms with Crippen molar-refractivity contribution in [3.8, 4) is 18.2 Å². The number of nitrogens with one attached hydrogen (secondary N) is 1.